The summed E-state index contributed by atoms with van der Waals surface area (Å²) in [7, 11) is 2.96. The Morgan fingerprint density at radius 1 is 0.968 bits per heavy atom. The topological polar surface area (TPSA) is 145 Å². The lowest BCUT2D eigenvalue weighted by Gasteiger charge is -2.48. The molecule has 2 rings (SSSR count). The van der Waals surface area contributed by atoms with E-state index in [1.54, 1.807) is 0 Å². The van der Waals surface area contributed by atoms with E-state index in [1.165, 1.54) is 28.1 Å². The van der Waals surface area contributed by atoms with Crippen molar-refractivity contribution in [1.29, 1.82) is 0 Å². The number of amides is 2. The third-order valence-corrected chi connectivity index (χ3v) is 5.54. The smallest absolute Gasteiger partial charge is 0.217 e. The molecule has 11 nitrogen and oxygen atoms in total. The zero-order valence-corrected chi connectivity index (χ0v) is 18.1. The van der Waals surface area contributed by atoms with Crippen molar-refractivity contribution in [3.63, 3.8) is 0 Å². The lowest BCUT2D eigenvalue weighted by molar-refractivity contribution is -0.312. The maximum Gasteiger partial charge on any atom is 0.217 e. The first-order chi connectivity index (χ1) is 14.2. The van der Waals surface area contributed by atoms with E-state index in [1.807, 2.05) is 6.92 Å². The summed E-state index contributed by atoms with van der Waals surface area (Å²) in [6.07, 6.45) is -3.81. The molecule has 4 N–H and O–H groups in total. The maximum absolute atomic E-state index is 11.7. The van der Waals surface area contributed by atoms with Crippen LogP contribution >= 0.6 is 0 Å². The van der Waals surface area contributed by atoms with E-state index in [2.05, 4.69) is 10.6 Å². The molecule has 2 aliphatic rings. The minimum absolute atomic E-state index is 0. The average Bonchev–Trinajstić information content (AvgIpc) is 2.70. The lowest BCUT2D eigenvalue weighted by Crippen LogP contribution is -2.64. The minimum Gasteiger partial charge on any atom is -0.394 e. The van der Waals surface area contributed by atoms with Gasteiger partial charge in [-0.15, -0.1) is 0 Å². The largest absolute Gasteiger partial charge is 0.394 e. The van der Waals surface area contributed by atoms with Crippen LogP contribution in [0.25, 0.3) is 0 Å². The van der Waals surface area contributed by atoms with E-state index in [4.69, 9.17) is 23.7 Å². The molecule has 0 radical (unpaired) electrons. The summed E-state index contributed by atoms with van der Waals surface area (Å²) in [5, 5.41) is 25.1. The summed E-state index contributed by atoms with van der Waals surface area (Å²) in [6, 6.07) is -1.07. The molecule has 0 aromatic carbocycles. The molecule has 0 saturated carbocycles. The van der Waals surface area contributed by atoms with Gasteiger partial charge in [0.1, 0.15) is 12.2 Å². The number of carbonyl (C=O) groups excluding carboxylic acids is 2. The third-order valence-electron chi connectivity index (χ3n) is 5.54. The molecule has 11 heteroatoms. The molecular weight excluding hydrogens is 412 g/mol. The molecule has 31 heavy (non-hydrogen) atoms. The number of aliphatic hydroxyl groups is 2. The van der Waals surface area contributed by atoms with Crippen LogP contribution in [0.3, 0.4) is 0 Å². The number of nitrogens with one attached hydrogen (secondary N) is 2. The molecule has 0 aliphatic carbocycles. The normalized spacial score (nSPS) is 38.1. The maximum atomic E-state index is 11.7. The van der Waals surface area contributed by atoms with Crippen molar-refractivity contribution in [2.75, 3.05) is 27.4 Å². The molecule has 4 unspecified atom stereocenters. The highest BCUT2D eigenvalue weighted by atomic mass is 16.7. The fourth-order valence-electron chi connectivity index (χ4n) is 4.07. The predicted molar refractivity (Wildman–Crippen MR) is 110 cm³/mol. The van der Waals surface area contributed by atoms with Crippen LogP contribution in [-0.4, -0.2) is 98.5 Å². The molecule has 2 saturated heterocycles. The van der Waals surface area contributed by atoms with E-state index in [0.717, 1.165) is 0 Å². The summed E-state index contributed by atoms with van der Waals surface area (Å²) >= 11 is 0. The van der Waals surface area contributed by atoms with Gasteiger partial charge in [-0.1, -0.05) is 14.4 Å². The summed E-state index contributed by atoms with van der Waals surface area (Å²) in [5.74, 6) is -0.845. The Labute approximate surface area is 183 Å². The van der Waals surface area contributed by atoms with Crippen LogP contribution in [0.4, 0.5) is 0 Å². The summed E-state index contributed by atoms with van der Waals surface area (Å²) < 4.78 is 28.6. The number of ether oxygens (including phenoxy) is 5. The van der Waals surface area contributed by atoms with Crippen molar-refractivity contribution in [1.82, 2.24) is 10.6 Å². The van der Waals surface area contributed by atoms with Gasteiger partial charge in [0.2, 0.25) is 11.8 Å². The van der Waals surface area contributed by atoms with Crippen molar-refractivity contribution in [3.05, 3.63) is 0 Å². The molecule has 182 valence electrons. The fourth-order valence-corrected chi connectivity index (χ4v) is 4.07. The van der Waals surface area contributed by atoms with Crippen molar-refractivity contribution >= 4 is 11.8 Å². The Hall–Kier alpha value is -1.34. The molecule has 0 aromatic rings. The monoisotopic (exact) mass is 450 g/mol. The standard InChI is InChI=1S/C19H34N2O9.CH4/c1-9-16(21-11(3)25)19(27-5)29-15(8-23)17(9)30-18-12(20-10(2)24)6-13(26-4)14(7-22)28-18;/h9,12-19,22-23H,6-8H2,1-5H3,(H,20,24)(H,21,25);1H4/t9-,12?,13+,14?,15?,16?,17-,18+,19+;/m0./s1. The summed E-state index contributed by atoms with van der Waals surface area (Å²) in [6.45, 7) is 3.99. The van der Waals surface area contributed by atoms with Crippen LogP contribution in [0.15, 0.2) is 0 Å². The van der Waals surface area contributed by atoms with Gasteiger partial charge in [0, 0.05) is 40.4 Å². The van der Waals surface area contributed by atoms with Crippen LogP contribution in [-0.2, 0) is 33.3 Å². The number of aliphatic hydroxyl groups excluding tert-OH is 2. The van der Waals surface area contributed by atoms with Gasteiger partial charge >= 0.3 is 0 Å². The molecule has 2 fully saturated rings. The fraction of sp³-hybridized carbons (Fsp3) is 0.900. The first-order valence-corrected chi connectivity index (χ1v) is 10.0. The second-order valence-corrected chi connectivity index (χ2v) is 7.69. The first kappa shape index (κ1) is 27.7. The number of methoxy groups -OCH3 is 2. The second-order valence-electron chi connectivity index (χ2n) is 7.69. The molecule has 9 atom stereocenters. The van der Waals surface area contributed by atoms with E-state index in [-0.39, 0.29) is 38.4 Å². The van der Waals surface area contributed by atoms with E-state index < -0.39 is 49.1 Å². The van der Waals surface area contributed by atoms with E-state index in [9.17, 15) is 19.8 Å². The van der Waals surface area contributed by atoms with Gasteiger partial charge in [-0.05, 0) is 0 Å². The van der Waals surface area contributed by atoms with Crippen LogP contribution in [0.1, 0.15) is 34.6 Å². The predicted octanol–water partition coefficient (Wildman–Crippen LogP) is -0.861. The molecule has 2 aliphatic heterocycles. The Bertz CT molecular complexity index is 579. The van der Waals surface area contributed by atoms with Crippen LogP contribution in [0, 0.1) is 5.92 Å². The molecule has 2 amide bonds. The van der Waals surface area contributed by atoms with Gasteiger partial charge in [0.15, 0.2) is 12.6 Å². The van der Waals surface area contributed by atoms with E-state index >= 15 is 0 Å². The highest BCUT2D eigenvalue weighted by Crippen LogP contribution is 2.32. The molecule has 0 spiro atoms. The average molecular weight is 451 g/mol. The summed E-state index contributed by atoms with van der Waals surface area (Å²) in [5.41, 5.74) is 0. The second kappa shape index (κ2) is 12.6. The van der Waals surface area contributed by atoms with Gasteiger partial charge in [-0.25, -0.2) is 0 Å². The van der Waals surface area contributed by atoms with Crippen LogP contribution in [0.2, 0.25) is 0 Å². The SMILES string of the molecule is C.CO[C@@H]1OC(CO)[C@@H](O[C@H]2OC(CO)[C@H](OC)CC2NC(C)=O)[C@@H](C)C1NC(C)=O. The number of rotatable bonds is 8. The number of hydrogen-bond donors (Lipinski definition) is 4. The van der Waals surface area contributed by atoms with Gasteiger partial charge in [0.05, 0.1) is 37.5 Å². The highest BCUT2D eigenvalue weighted by molar-refractivity contribution is 5.73. The minimum atomic E-state index is -0.917. The zero-order chi connectivity index (χ0) is 22.4. The number of hydrogen-bond acceptors (Lipinski definition) is 9. The lowest BCUT2D eigenvalue weighted by atomic mass is 9.88. The summed E-state index contributed by atoms with van der Waals surface area (Å²) in [4.78, 5) is 23.4. The molecule has 0 bridgehead atoms. The van der Waals surface area contributed by atoms with Crippen LogP contribution < -0.4 is 10.6 Å². The molecular formula is C20H38N2O9. The zero-order valence-electron chi connectivity index (χ0n) is 18.1. The Morgan fingerprint density at radius 2 is 1.55 bits per heavy atom. The van der Waals surface area contributed by atoms with Crippen molar-refractivity contribution in [2.45, 2.75) is 83.7 Å². The van der Waals surface area contributed by atoms with Gasteiger partial charge in [-0.3, -0.25) is 9.59 Å². The third kappa shape index (κ3) is 6.82. The van der Waals surface area contributed by atoms with Gasteiger partial charge in [-0.2, -0.15) is 0 Å². The Morgan fingerprint density at radius 3 is 2.03 bits per heavy atom. The van der Waals surface area contributed by atoms with Crippen LogP contribution in [0.5, 0.6) is 0 Å². The van der Waals surface area contributed by atoms with Gasteiger partial charge < -0.3 is 44.5 Å². The first-order valence-electron chi connectivity index (χ1n) is 10.0. The number of carbonyl (C=O) groups is 2. The van der Waals surface area contributed by atoms with Crippen molar-refractivity contribution in [2.24, 2.45) is 5.92 Å². The molecule has 2 heterocycles. The van der Waals surface area contributed by atoms with Gasteiger partial charge in [0.25, 0.3) is 0 Å². The quantitative estimate of drug-likeness (QED) is 0.371. The molecule has 0 aromatic heterocycles. The van der Waals surface area contributed by atoms with Crippen molar-refractivity contribution < 1.29 is 43.5 Å². The van der Waals surface area contributed by atoms with E-state index in [0.29, 0.717) is 6.42 Å². The van der Waals surface area contributed by atoms with Crippen molar-refractivity contribution in [3.8, 4) is 0 Å². The highest BCUT2D eigenvalue weighted by Gasteiger charge is 2.48. The Balaban J connectivity index is 0.00000480. The Kier molecular flexibility index (Phi) is 11.3.